The summed E-state index contributed by atoms with van der Waals surface area (Å²) in [6, 6.07) is 18.5. The summed E-state index contributed by atoms with van der Waals surface area (Å²) in [6.45, 7) is 0.634. The number of para-hydroxylation sites is 1. The lowest BCUT2D eigenvalue weighted by Gasteiger charge is -2.30. The Hall–Kier alpha value is -3.13. The SMILES string of the molecule is CN1C[C@H](c2ccc(OCc3ccc(Cl)cc3)c(Cl)c2)[C@@H]([N+](=O)[O-])[C@@]12C(=O)Nc1ccccc12. The molecule has 2 aliphatic heterocycles. The van der Waals surface area contributed by atoms with Crippen molar-refractivity contribution in [1.29, 1.82) is 0 Å². The minimum atomic E-state index is -1.39. The summed E-state index contributed by atoms with van der Waals surface area (Å²) in [4.78, 5) is 27.1. The molecule has 9 heteroatoms. The standard InChI is InChI=1S/C25H21Cl2N3O4/c1-29-13-18(23(30(32)33)25(29)19-4-2-3-5-21(19)28-24(25)31)16-8-11-22(20(27)12-16)34-14-15-6-9-17(26)10-7-15/h2-12,18,23H,13-14H2,1H3,(H,28,31)/t18-,23-,25+/m1/s1. The lowest BCUT2D eigenvalue weighted by atomic mass is 9.79. The summed E-state index contributed by atoms with van der Waals surface area (Å²) in [6.07, 6.45) is 0. The van der Waals surface area contributed by atoms with Crippen molar-refractivity contribution in [2.45, 2.75) is 24.1 Å². The van der Waals surface area contributed by atoms with E-state index in [4.69, 9.17) is 27.9 Å². The van der Waals surface area contributed by atoms with Gasteiger partial charge >= 0.3 is 0 Å². The molecule has 0 radical (unpaired) electrons. The fraction of sp³-hybridized carbons (Fsp3) is 0.240. The second kappa shape index (κ2) is 8.58. The van der Waals surface area contributed by atoms with E-state index in [0.717, 1.165) is 5.56 Å². The van der Waals surface area contributed by atoms with Crippen LogP contribution in [0, 0.1) is 10.1 Å². The third kappa shape index (κ3) is 3.52. The van der Waals surface area contributed by atoms with E-state index >= 15 is 0 Å². The van der Waals surface area contributed by atoms with Gasteiger partial charge in [0.1, 0.15) is 12.4 Å². The van der Waals surface area contributed by atoms with Gasteiger partial charge in [-0.15, -0.1) is 0 Å². The lowest BCUT2D eigenvalue weighted by Crippen LogP contribution is -2.54. The van der Waals surface area contributed by atoms with Gasteiger partial charge in [0.05, 0.1) is 10.9 Å². The van der Waals surface area contributed by atoms with Gasteiger partial charge in [-0.25, -0.2) is 0 Å². The molecule has 34 heavy (non-hydrogen) atoms. The molecule has 3 aromatic rings. The Morgan fingerprint density at radius 1 is 1.15 bits per heavy atom. The summed E-state index contributed by atoms with van der Waals surface area (Å²) < 4.78 is 5.85. The molecule has 3 atom stereocenters. The van der Waals surface area contributed by atoms with E-state index in [1.165, 1.54) is 0 Å². The molecule has 1 N–H and O–H groups in total. The van der Waals surface area contributed by atoms with Gasteiger partial charge in [-0.05, 0) is 48.5 Å². The van der Waals surface area contributed by atoms with Gasteiger partial charge in [-0.1, -0.05) is 59.6 Å². The van der Waals surface area contributed by atoms with Crippen LogP contribution in [0.15, 0.2) is 66.7 Å². The van der Waals surface area contributed by atoms with Crippen molar-refractivity contribution in [1.82, 2.24) is 4.90 Å². The first-order chi connectivity index (χ1) is 16.3. The largest absolute Gasteiger partial charge is 0.487 e. The third-order valence-electron chi connectivity index (χ3n) is 6.73. The zero-order chi connectivity index (χ0) is 24.0. The van der Waals surface area contributed by atoms with Gasteiger partial charge < -0.3 is 10.1 Å². The summed E-state index contributed by atoms with van der Waals surface area (Å²) in [5, 5.41) is 16.2. The average molecular weight is 498 g/mol. The van der Waals surface area contributed by atoms with Gasteiger partial charge in [-0.3, -0.25) is 19.8 Å². The third-order valence-corrected chi connectivity index (χ3v) is 7.28. The molecule has 174 valence electrons. The predicted molar refractivity (Wildman–Crippen MR) is 130 cm³/mol. The summed E-state index contributed by atoms with van der Waals surface area (Å²) in [7, 11) is 1.75. The highest BCUT2D eigenvalue weighted by Crippen LogP contribution is 2.52. The van der Waals surface area contributed by atoms with Gasteiger partial charge in [0, 0.05) is 27.7 Å². The van der Waals surface area contributed by atoms with Crippen LogP contribution in [0.4, 0.5) is 5.69 Å². The van der Waals surface area contributed by atoms with E-state index in [1.807, 2.05) is 12.1 Å². The number of carbonyl (C=O) groups is 1. The number of carbonyl (C=O) groups excluding carboxylic acids is 1. The zero-order valence-corrected chi connectivity index (χ0v) is 19.7. The number of hydrogen-bond acceptors (Lipinski definition) is 5. The molecule has 0 aromatic heterocycles. The van der Waals surface area contributed by atoms with Crippen LogP contribution in [-0.4, -0.2) is 35.4 Å². The van der Waals surface area contributed by atoms with E-state index in [9.17, 15) is 14.9 Å². The molecular formula is C25H21Cl2N3O4. The number of nitro groups is 1. The van der Waals surface area contributed by atoms with Gasteiger partial charge in [0.15, 0.2) is 5.54 Å². The minimum absolute atomic E-state index is 0.306. The van der Waals surface area contributed by atoms with Crippen LogP contribution in [0.3, 0.4) is 0 Å². The molecule has 1 spiro atoms. The predicted octanol–water partition coefficient (Wildman–Crippen LogP) is 5.09. The van der Waals surface area contributed by atoms with E-state index in [-0.39, 0.29) is 10.8 Å². The van der Waals surface area contributed by atoms with E-state index in [1.54, 1.807) is 66.5 Å². The Morgan fingerprint density at radius 3 is 2.59 bits per heavy atom. The molecule has 1 fully saturated rings. The van der Waals surface area contributed by atoms with Crippen LogP contribution < -0.4 is 10.1 Å². The average Bonchev–Trinajstić information content (AvgIpc) is 3.29. The second-order valence-corrected chi connectivity index (χ2v) is 9.43. The first-order valence-corrected chi connectivity index (χ1v) is 11.5. The molecule has 0 saturated carbocycles. The summed E-state index contributed by atoms with van der Waals surface area (Å²) in [5.41, 5.74) is 1.47. The number of ether oxygens (including phenoxy) is 1. The molecule has 7 nitrogen and oxygen atoms in total. The quantitative estimate of drug-likeness (QED) is 0.391. The first kappa shape index (κ1) is 22.7. The van der Waals surface area contributed by atoms with Crippen LogP contribution in [0.25, 0.3) is 0 Å². The number of hydrogen-bond donors (Lipinski definition) is 1. The molecule has 0 unspecified atom stereocenters. The molecule has 2 heterocycles. The van der Waals surface area contributed by atoms with E-state index < -0.39 is 17.5 Å². The highest BCUT2D eigenvalue weighted by molar-refractivity contribution is 6.32. The Kier molecular flexibility index (Phi) is 5.72. The van der Waals surface area contributed by atoms with Crippen LogP contribution >= 0.6 is 23.2 Å². The van der Waals surface area contributed by atoms with Gasteiger partial charge in [0.25, 0.3) is 11.9 Å². The second-order valence-electron chi connectivity index (χ2n) is 8.59. The van der Waals surface area contributed by atoms with Gasteiger partial charge in [0.2, 0.25) is 0 Å². The van der Waals surface area contributed by atoms with E-state index in [0.29, 0.717) is 45.8 Å². The van der Waals surface area contributed by atoms with Crippen molar-refractivity contribution in [2.24, 2.45) is 0 Å². The first-order valence-electron chi connectivity index (χ1n) is 10.7. The van der Waals surface area contributed by atoms with Crippen LogP contribution in [0.5, 0.6) is 5.75 Å². The summed E-state index contributed by atoms with van der Waals surface area (Å²) >= 11 is 12.4. The van der Waals surface area contributed by atoms with E-state index in [2.05, 4.69) is 5.32 Å². The molecule has 0 bridgehead atoms. The normalized spacial score (nSPS) is 23.7. The number of rotatable bonds is 5. The smallest absolute Gasteiger partial charge is 0.256 e. The fourth-order valence-electron chi connectivity index (χ4n) is 5.19. The molecule has 3 aromatic carbocycles. The van der Waals surface area contributed by atoms with Crippen LogP contribution in [0.1, 0.15) is 22.6 Å². The number of halogens is 2. The molecule has 0 aliphatic carbocycles. The van der Waals surface area contributed by atoms with Crippen molar-refractivity contribution in [2.75, 3.05) is 18.9 Å². The highest BCUT2D eigenvalue weighted by Gasteiger charge is 2.68. The van der Waals surface area contributed by atoms with Crippen LogP contribution in [-0.2, 0) is 16.9 Å². The maximum Gasteiger partial charge on any atom is 0.256 e. The van der Waals surface area contributed by atoms with Crippen LogP contribution in [0.2, 0.25) is 10.0 Å². The Bertz CT molecular complexity index is 1280. The Morgan fingerprint density at radius 2 is 1.88 bits per heavy atom. The molecular weight excluding hydrogens is 477 g/mol. The number of nitrogens with one attached hydrogen (secondary N) is 1. The minimum Gasteiger partial charge on any atom is -0.487 e. The van der Waals surface area contributed by atoms with Crippen molar-refractivity contribution >= 4 is 34.8 Å². The van der Waals surface area contributed by atoms with Crippen molar-refractivity contribution in [3.05, 3.63) is 104 Å². The zero-order valence-electron chi connectivity index (χ0n) is 18.2. The highest BCUT2D eigenvalue weighted by atomic mass is 35.5. The van der Waals surface area contributed by atoms with Crippen molar-refractivity contribution in [3.8, 4) is 5.75 Å². The Balaban J connectivity index is 1.46. The fourth-order valence-corrected chi connectivity index (χ4v) is 5.56. The summed E-state index contributed by atoms with van der Waals surface area (Å²) in [5.74, 6) is -0.447. The van der Waals surface area contributed by atoms with Gasteiger partial charge in [-0.2, -0.15) is 0 Å². The molecule has 1 saturated heterocycles. The Labute approximate surface area is 206 Å². The topological polar surface area (TPSA) is 84.7 Å². The number of nitrogens with zero attached hydrogens (tertiary/aromatic N) is 2. The molecule has 1 amide bonds. The van der Waals surface area contributed by atoms with Crippen molar-refractivity contribution < 1.29 is 14.5 Å². The number of benzene rings is 3. The number of likely N-dealkylation sites (N-methyl/N-ethyl adjacent to an activating group) is 1. The maximum absolute atomic E-state index is 13.2. The monoisotopic (exact) mass is 497 g/mol. The molecule has 5 rings (SSSR count). The maximum atomic E-state index is 13.2. The van der Waals surface area contributed by atoms with Crippen molar-refractivity contribution in [3.63, 3.8) is 0 Å². The number of fused-ring (bicyclic) bond motifs is 2. The number of amides is 1. The molecule has 2 aliphatic rings. The number of likely N-dealkylation sites (tertiary alicyclic amines) is 1. The number of anilines is 1. The lowest BCUT2D eigenvalue weighted by molar-refractivity contribution is -0.534.